The Morgan fingerprint density at radius 1 is 0.275 bits per heavy atom. The summed E-state index contributed by atoms with van der Waals surface area (Å²) in [4.78, 5) is 0. The van der Waals surface area contributed by atoms with Crippen LogP contribution < -0.4 is 43.1 Å². The highest BCUT2D eigenvalue weighted by Gasteiger charge is 2.52. The first-order valence-electron chi connectivity index (χ1n) is 24.3. The second kappa shape index (κ2) is 23.0. The standard InChI is InChI=1S/C32H34IO2.C24BF20/c1-3-7-23(8-4-1)25-11-15-27(16-12-25)29-19-21-31(34-29)33-32-22-20-30(35-32)28-17-13-26(14-18-28)24-9-5-2-6-10-24;26-5-1(6(27)14(35)21(42)13(5)34)25(2-7(28)15(36)22(43)16(37)8(2)29,3-9(30)17(38)23(44)18(39)10(3)31)4-11(32)19(40)24(45)20(41)12(4)33/h11-24H,1-10H2;/q+1;-1. The summed E-state index contributed by atoms with van der Waals surface area (Å²) in [5.41, 5.74) is -9.02. The molecule has 0 bridgehead atoms. The van der Waals surface area contributed by atoms with E-state index in [1.165, 1.54) is 75.3 Å². The SMILES string of the molecule is Fc1c(F)c(F)c([B-](c2c(F)c(F)c(F)c(F)c2F)(c2c(F)c(F)c(F)c(F)c2F)c2c(F)c(F)c(F)c(F)c2F)c(F)c1F.c1cc(C2CCCCC2)ccc1-c1ccc([I+]c2ccc(-c3ccc(C4CCCCC4)cc3)o2)o1. The van der Waals surface area contributed by atoms with Crippen molar-refractivity contribution in [2.24, 2.45) is 0 Å². The van der Waals surface area contributed by atoms with Crippen molar-refractivity contribution >= 4 is 28.0 Å². The largest absolute Gasteiger partial charge is 0.443 e. The van der Waals surface area contributed by atoms with E-state index in [2.05, 4.69) is 72.8 Å². The summed E-state index contributed by atoms with van der Waals surface area (Å²) in [6.45, 7) is 0. The van der Waals surface area contributed by atoms with Gasteiger partial charge in [0.15, 0.2) is 69.8 Å². The molecule has 2 aliphatic carbocycles. The minimum Gasteiger partial charge on any atom is -0.418 e. The molecule has 2 saturated carbocycles. The lowest BCUT2D eigenvalue weighted by Gasteiger charge is -2.44. The molecule has 0 radical (unpaired) electrons. The maximum Gasteiger partial charge on any atom is 0.443 e. The normalized spacial score (nSPS) is 14.4. The Bertz CT molecular complexity index is 3180. The Morgan fingerprint density at radius 3 is 0.738 bits per heavy atom. The van der Waals surface area contributed by atoms with E-state index in [0.717, 1.165) is 42.0 Å². The Labute approximate surface area is 450 Å². The van der Waals surface area contributed by atoms with Crippen LogP contribution in [0.4, 0.5) is 87.8 Å². The molecule has 0 amide bonds. The van der Waals surface area contributed by atoms with Gasteiger partial charge in [-0.1, -0.05) is 87.1 Å². The molecule has 2 aromatic heterocycles. The molecule has 2 nitrogen and oxygen atoms in total. The van der Waals surface area contributed by atoms with E-state index in [4.69, 9.17) is 8.83 Å². The predicted molar refractivity (Wildman–Crippen MR) is 247 cm³/mol. The van der Waals surface area contributed by atoms with Gasteiger partial charge in [0.25, 0.3) is 0 Å². The van der Waals surface area contributed by atoms with E-state index in [9.17, 15) is 52.7 Å². The molecule has 80 heavy (non-hydrogen) atoms. The molecule has 0 atom stereocenters. The highest BCUT2D eigenvalue weighted by molar-refractivity contribution is 7.20. The second-order valence-electron chi connectivity index (χ2n) is 19.0. The Hall–Kier alpha value is -6.73. The van der Waals surface area contributed by atoms with E-state index in [-0.39, 0.29) is 0 Å². The number of hydrogen-bond donors (Lipinski definition) is 0. The summed E-state index contributed by atoms with van der Waals surface area (Å²) < 4.78 is 309. The number of benzene rings is 6. The Kier molecular flexibility index (Phi) is 16.7. The van der Waals surface area contributed by atoms with Gasteiger partial charge in [0.2, 0.25) is 0 Å². The van der Waals surface area contributed by atoms with Gasteiger partial charge in [0.05, 0.1) is 0 Å². The van der Waals surface area contributed by atoms with Gasteiger partial charge in [-0.3, -0.25) is 0 Å². The van der Waals surface area contributed by atoms with E-state index in [0.29, 0.717) is 0 Å². The van der Waals surface area contributed by atoms with Crippen molar-refractivity contribution in [3.05, 3.63) is 208 Å². The van der Waals surface area contributed by atoms with Crippen LogP contribution in [0.2, 0.25) is 0 Å². The lowest BCUT2D eigenvalue weighted by atomic mass is 9.12. The maximum absolute atomic E-state index is 15.4. The Morgan fingerprint density at radius 2 is 0.500 bits per heavy atom. The summed E-state index contributed by atoms with van der Waals surface area (Å²) in [5, 5.41) is 0. The van der Waals surface area contributed by atoms with Crippen LogP contribution in [0.25, 0.3) is 22.6 Å². The van der Waals surface area contributed by atoms with E-state index in [1.54, 1.807) is 0 Å². The van der Waals surface area contributed by atoms with Crippen LogP contribution in [0.15, 0.2) is 81.6 Å². The van der Waals surface area contributed by atoms with Crippen LogP contribution in [-0.4, -0.2) is 6.15 Å². The van der Waals surface area contributed by atoms with Crippen molar-refractivity contribution in [2.45, 2.75) is 76.0 Å². The van der Waals surface area contributed by atoms with Crippen molar-refractivity contribution in [1.29, 1.82) is 0 Å². The van der Waals surface area contributed by atoms with Crippen LogP contribution in [0, 0.1) is 124 Å². The average molecular weight is 1260 g/mol. The smallest absolute Gasteiger partial charge is 0.418 e. The lowest BCUT2D eigenvalue weighted by Crippen LogP contribution is -3.61. The number of hydrogen-bond acceptors (Lipinski definition) is 2. The Balaban J connectivity index is 0.000000199. The van der Waals surface area contributed by atoms with Crippen LogP contribution >= 0.6 is 0 Å². The van der Waals surface area contributed by atoms with E-state index >= 15 is 35.1 Å². The molecule has 420 valence electrons. The van der Waals surface area contributed by atoms with Gasteiger partial charge >= 0.3 is 28.7 Å². The fourth-order valence-corrected chi connectivity index (χ4v) is 12.7. The summed E-state index contributed by atoms with van der Waals surface area (Å²) in [6.07, 6.45) is 6.42. The first-order chi connectivity index (χ1) is 38.0. The van der Waals surface area contributed by atoms with Gasteiger partial charge in [0.1, 0.15) is 64.2 Å². The topological polar surface area (TPSA) is 26.3 Å². The second-order valence-corrected chi connectivity index (χ2v) is 21.7. The molecule has 6 aromatic carbocycles. The molecule has 0 aliphatic heterocycles. The van der Waals surface area contributed by atoms with Crippen LogP contribution in [0.3, 0.4) is 0 Å². The van der Waals surface area contributed by atoms with Gasteiger partial charge in [-0.2, -0.15) is 0 Å². The van der Waals surface area contributed by atoms with Crippen molar-refractivity contribution < 1.29 is 118 Å². The number of rotatable bonds is 10. The minimum atomic E-state index is -7.22. The molecule has 10 rings (SSSR count). The zero-order valence-electron chi connectivity index (χ0n) is 40.5. The molecular formula is C56H34BF20IO2. The molecule has 2 aliphatic rings. The van der Waals surface area contributed by atoms with Gasteiger partial charge in [0, 0.05) is 23.3 Å². The van der Waals surface area contributed by atoms with Crippen molar-refractivity contribution in [3.8, 4) is 22.6 Å². The van der Waals surface area contributed by atoms with Gasteiger partial charge in [-0.25, -0.2) is 87.8 Å². The minimum absolute atomic E-state index is 0.481. The molecule has 0 unspecified atom stereocenters. The first kappa shape index (κ1) is 57.9. The van der Waals surface area contributed by atoms with E-state index < -0.39 is 166 Å². The van der Waals surface area contributed by atoms with Gasteiger partial charge in [-0.05, 0) is 60.8 Å². The van der Waals surface area contributed by atoms with Gasteiger partial charge < -0.3 is 8.83 Å². The molecule has 24 heteroatoms. The zero-order chi connectivity index (χ0) is 57.8. The highest BCUT2D eigenvalue weighted by atomic mass is 127. The highest BCUT2D eigenvalue weighted by Crippen LogP contribution is 2.36. The van der Waals surface area contributed by atoms with Crippen LogP contribution in [0.5, 0.6) is 0 Å². The van der Waals surface area contributed by atoms with Crippen molar-refractivity contribution in [2.75, 3.05) is 0 Å². The fourth-order valence-electron chi connectivity index (χ4n) is 10.7. The summed E-state index contributed by atoms with van der Waals surface area (Å²) >= 11 is -0.481. The molecule has 0 N–H and O–H groups in total. The average Bonchev–Trinajstić information content (AvgIpc) is 4.29. The van der Waals surface area contributed by atoms with Crippen molar-refractivity contribution in [3.63, 3.8) is 0 Å². The summed E-state index contributed by atoms with van der Waals surface area (Å²) in [6, 6.07) is 26.6. The number of halogens is 21. The first-order valence-corrected chi connectivity index (χ1v) is 26.5. The molecule has 8 aromatic rings. The molecular weight excluding hydrogens is 1220 g/mol. The lowest BCUT2D eigenvalue weighted by molar-refractivity contribution is -0.635. The van der Waals surface area contributed by atoms with Gasteiger partial charge in [-0.15, -0.1) is 21.9 Å². The predicted octanol–water partition coefficient (Wildman–Crippen LogP) is 12.3. The summed E-state index contributed by atoms with van der Waals surface area (Å²) in [7, 11) is 0. The molecule has 0 spiro atoms. The third-order valence-corrected chi connectivity index (χ3v) is 16.8. The molecule has 2 heterocycles. The molecule has 2 fully saturated rings. The maximum atomic E-state index is 15.4. The molecule has 0 saturated heterocycles. The van der Waals surface area contributed by atoms with Crippen molar-refractivity contribution in [1.82, 2.24) is 0 Å². The number of furan rings is 2. The third kappa shape index (κ3) is 10.0. The summed E-state index contributed by atoms with van der Waals surface area (Å²) in [5.74, 6) is -68.0. The van der Waals surface area contributed by atoms with Crippen LogP contribution in [-0.2, 0) is 0 Å². The quantitative estimate of drug-likeness (QED) is 0.0448. The third-order valence-electron chi connectivity index (χ3n) is 14.6. The monoisotopic (exact) mass is 1260 g/mol. The fraction of sp³-hybridized carbons (Fsp3) is 0.214. The van der Waals surface area contributed by atoms with Crippen LogP contribution in [0.1, 0.15) is 87.2 Å². The van der Waals surface area contributed by atoms with E-state index in [1.807, 2.05) is 0 Å². The zero-order valence-corrected chi connectivity index (χ0v) is 42.6.